The van der Waals surface area contributed by atoms with Crippen LogP contribution in [0.2, 0.25) is 10.0 Å². The summed E-state index contributed by atoms with van der Waals surface area (Å²) in [5.74, 6) is 0.995. The Hall–Kier alpha value is -2.66. The van der Waals surface area contributed by atoms with E-state index in [0.717, 1.165) is 29.1 Å². The van der Waals surface area contributed by atoms with Crippen molar-refractivity contribution < 1.29 is 4.42 Å². The van der Waals surface area contributed by atoms with Crippen LogP contribution in [-0.4, -0.2) is 16.7 Å². The van der Waals surface area contributed by atoms with Crippen molar-refractivity contribution in [3.63, 3.8) is 0 Å². The summed E-state index contributed by atoms with van der Waals surface area (Å²) in [7, 11) is 0. The molecule has 0 radical (unpaired) electrons. The van der Waals surface area contributed by atoms with E-state index in [1.54, 1.807) is 0 Å². The highest BCUT2D eigenvalue weighted by molar-refractivity contribution is 6.30. The molecule has 1 N–H and O–H groups in total. The number of halogens is 2. The summed E-state index contributed by atoms with van der Waals surface area (Å²) < 4.78 is 6.00. The fraction of sp³-hybridized carbons (Fsp3) is 0.130. The van der Waals surface area contributed by atoms with Gasteiger partial charge in [0.15, 0.2) is 0 Å². The number of hydrogen-bond acceptors (Lipinski definition) is 4. The van der Waals surface area contributed by atoms with Gasteiger partial charge in [0, 0.05) is 22.2 Å². The van der Waals surface area contributed by atoms with Gasteiger partial charge in [-0.15, -0.1) is 10.2 Å². The molecule has 29 heavy (non-hydrogen) atoms. The third-order valence-electron chi connectivity index (χ3n) is 4.57. The van der Waals surface area contributed by atoms with Crippen molar-refractivity contribution in [1.29, 1.82) is 0 Å². The van der Waals surface area contributed by atoms with Crippen molar-refractivity contribution >= 4 is 23.2 Å². The molecule has 3 aromatic carbocycles. The van der Waals surface area contributed by atoms with Crippen LogP contribution in [0.25, 0.3) is 11.5 Å². The number of hydrogen-bond donors (Lipinski definition) is 1. The van der Waals surface area contributed by atoms with E-state index >= 15 is 0 Å². The lowest BCUT2D eigenvalue weighted by atomic mass is 10.1. The molecule has 0 aliphatic carbocycles. The summed E-state index contributed by atoms with van der Waals surface area (Å²) in [6.45, 7) is 0.724. The highest BCUT2D eigenvalue weighted by Gasteiger charge is 2.21. The molecule has 6 heteroatoms. The SMILES string of the molecule is Clc1ccc(CCN[C@@H](c2cccc(Cl)c2)c2nnc(-c3ccccc3)o2)cc1. The Kier molecular flexibility index (Phi) is 6.25. The Morgan fingerprint density at radius 1 is 0.828 bits per heavy atom. The molecule has 0 saturated heterocycles. The Balaban J connectivity index is 1.55. The molecular weight excluding hydrogens is 405 g/mol. The largest absolute Gasteiger partial charge is 0.419 e. The second-order valence-electron chi connectivity index (χ2n) is 6.63. The number of rotatable bonds is 7. The molecule has 0 fully saturated rings. The van der Waals surface area contributed by atoms with Crippen LogP contribution in [0.15, 0.2) is 83.3 Å². The summed E-state index contributed by atoms with van der Waals surface area (Å²) >= 11 is 12.2. The molecule has 1 atom stereocenters. The van der Waals surface area contributed by atoms with Crippen molar-refractivity contribution in [2.75, 3.05) is 6.54 Å². The first-order chi connectivity index (χ1) is 14.2. The van der Waals surface area contributed by atoms with Crippen molar-refractivity contribution in [1.82, 2.24) is 15.5 Å². The van der Waals surface area contributed by atoms with Crippen LogP contribution < -0.4 is 5.32 Å². The first kappa shape index (κ1) is 19.6. The summed E-state index contributed by atoms with van der Waals surface area (Å²) in [5.41, 5.74) is 3.05. The molecule has 1 heterocycles. The highest BCUT2D eigenvalue weighted by Crippen LogP contribution is 2.26. The van der Waals surface area contributed by atoms with Gasteiger partial charge in [-0.05, 0) is 53.9 Å². The summed E-state index contributed by atoms with van der Waals surface area (Å²) in [6, 6.07) is 25.0. The second kappa shape index (κ2) is 9.23. The van der Waals surface area contributed by atoms with Gasteiger partial charge in [-0.3, -0.25) is 0 Å². The standard InChI is InChI=1S/C23H19Cl2N3O/c24-19-11-9-16(10-12-19)13-14-26-21(18-7-4-8-20(25)15-18)23-28-27-22(29-23)17-5-2-1-3-6-17/h1-12,15,21,26H,13-14H2/t21-/m0/s1. The minimum absolute atomic E-state index is 0.258. The van der Waals surface area contributed by atoms with Gasteiger partial charge in [0.25, 0.3) is 0 Å². The molecule has 146 valence electrons. The lowest BCUT2D eigenvalue weighted by Crippen LogP contribution is -2.25. The van der Waals surface area contributed by atoms with Gasteiger partial charge in [0.2, 0.25) is 11.8 Å². The molecule has 0 unspecified atom stereocenters. The van der Waals surface area contributed by atoms with Crippen LogP contribution in [0.4, 0.5) is 0 Å². The average Bonchev–Trinajstić information content (AvgIpc) is 3.23. The zero-order chi connectivity index (χ0) is 20.1. The molecular formula is C23H19Cl2N3O. The van der Waals surface area contributed by atoms with Gasteiger partial charge in [-0.25, -0.2) is 0 Å². The van der Waals surface area contributed by atoms with E-state index in [9.17, 15) is 0 Å². The van der Waals surface area contributed by atoms with E-state index in [0.29, 0.717) is 16.8 Å². The Morgan fingerprint density at radius 2 is 1.62 bits per heavy atom. The molecule has 0 aliphatic rings. The van der Waals surface area contributed by atoms with Crippen LogP contribution in [0.3, 0.4) is 0 Å². The molecule has 4 aromatic rings. The van der Waals surface area contributed by atoms with Gasteiger partial charge in [0.05, 0.1) is 0 Å². The summed E-state index contributed by atoms with van der Waals surface area (Å²) in [5, 5.41) is 13.4. The maximum Gasteiger partial charge on any atom is 0.247 e. The van der Waals surface area contributed by atoms with E-state index < -0.39 is 0 Å². The quantitative estimate of drug-likeness (QED) is 0.398. The zero-order valence-electron chi connectivity index (χ0n) is 15.6. The van der Waals surface area contributed by atoms with Gasteiger partial charge < -0.3 is 9.73 Å². The normalized spacial score (nSPS) is 12.1. The molecule has 0 amide bonds. The first-order valence-electron chi connectivity index (χ1n) is 9.31. The van der Waals surface area contributed by atoms with E-state index in [4.69, 9.17) is 27.6 Å². The number of nitrogens with one attached hydrogen (secondary N) is 1. The Bertz CT molecular complexity index is 1060. The van der Waals surface area contributed by atoms with Gasteiger partial charge in [-0.1, -0.05) is 65.7 Å². The lowest BCUT2D eigenvalue weighted by Gasteiger charge is -2.16. The second-order valence-corrected chi connectivity index (χ2v) is 7.50. The fourth-order valence-corrected chi connectivity index (χ4v) is 3.42. The van der Waals surface area contributed by atoms with Crippen LogP contribution >= 0.6 is 23.2 Å². The van der Waals surface area contributed by atoms with Crippen molar-refractivity contribution in [2.45, 2.75) is 12.5 Å². The van der Waals surface area contributed by atoms with E-state index in [1.807, 2.05) is 78.9 Å². The van der Waals surface area contributed by atoms with Crippen LogP contribution in [-0.2, 0) is 6.42 Å². The minimum Gasteiger partial charge on any atom is -0.419 e. The first-order valence-corrected chi connectivity index (χ1v) is 10.1. The maximum absolute atomic E-state index is 6.22. The van der Waals surface area contributed by atoms with E-state index in [2.05, 4.69) is 15.5 Å². The average molecular weight is 424 g/mol. The number of benzene rings is 3. The molecule has 0 aliphatic heterocycles. The van der Waals surface area contributed by atoms with Gasteiger partial charge >= 0.3 is 0 Å². The molecule has 0 bridgehead atoms. The predicted molar refractivity (Wildman–Crippen MR) is 116 cm³/mol. The van der Waals surface area contributed by atoms with Crippen LogP contribution in [0.1, 0.15) is 23.1 Å². The monoisotopic (exact) mass is 423 g/mol. The Morgan fingerprint density at radius 3 is 2.38 bits per heavy atom. The molecule has 4 nitrogen and oxygen atoms in total. The van der Waals surface area contributed by atoms with Crippen molar-refractivity contribution in [3.05, 3.63) is 106 Å². The zero-order valence-corrected chi connectivity index (χ0v) is 17.1. The smallest absolute Gasteiger partial charge is 0.247 e. The minimum atomic E-state index is -0.258. The third kappa shape index (κ3) is 5.04. The van der Waals surface area contributed by atoms with Gasteiger partial charge in [0.1, 0.15) is 6.04 Å². The third-order valence-corrected chi connectivity index (χ3v) is 5.05. The number of nitrogens with zero attached hydrogens (tertiary/aromatic N) is 2. The van der Waals surface area contributed by atoms with Crippen LogP contribution in [0, 0.1) is 0 Å². The van der Waals surface area contributed by atoms with Crippen LogP contribution in [0.5, 0.6) is 0 Å². The van der Waals surface area contributed by atoms with Crippen molar-refractivity contribution in [2.24, 2.45) is 0 Å². The molecule has 1 aromatic heterocycles. The summed E-state index contributed by atoms with van der Waals surface area (Å²) in [6.07, 6.45) is 0.841. The highest BCUT2D eigenvalue weighted by atomic mass is 35.5. The van der Waals surface area contributed by atoms with E-state index in [1.165, 1.54) is 5.56 Å². The topological polar surface area (TPSA) is 51.0 Å². The molecule has 0 saturated carbocycles. The lowest BCUT2D eigenvalue weighted by molar-refractivity contribution is 0.440. The predicted octanol–water partition coefficient (Wildman–Crippen LogP) is 5.97. The van der Waals surface area contributed by atoms with Crippen molar-refractivity contribution in [3.8, 4) is 11.5 Å². The molecule has 4 rings (SSSR count). The van der Waals surface area contributed by atoms with E-state index in [-0.39, 0.29) is 6.04 Å². The maximum atomic E-state index is 6.22. The summed E-state index contributed by atoms with van der Waals surface area (Å²) in [4.78, 5) is 0. The number of aromatic nitrogens is 2. The Labute approximate surface area is 179 Å². The fourth-order valence-electron chi connectivity index (χ4n) is 3.09. The van der Waals surface area contributed by atoms with Gasteiger partial charge in [-0.2, -0.15) is 0 Å². The molecule has 0 spiro atoms.